The van der Waals surface area contributed by atoms with Crippen LogP contribution in [0.4, 0.5) is 26.3 Å². The Balaban J connectivity index is 2.36. The molecule has 1 aromatic carbocycles. The van der Waals surface area contributed by atoms with Gasteiger partial charge in [0.05, 0.1) is 17.7 Å². The first-order valence-corrected chi connectivity index (χ1v) is 6.84. The standard InChI is InChI=1S/C14H13F6NO2/c15-13(16,17)9-4-8(5-10(6-9)14(18,19)20)7-21-3-1-2-11(21)12(22)23/h4-6,11H,1-3,7H2,(H,22,23)/p+1/t11-/m0/s1. The summed E-state index contributed by atoms with van der Waals surface area (Å²) in [5, 5.41) is 9.05. The third-order valence-corrected chi connectivity index (χ3v) is 3.86. The van der Waals surface area contributed by atoms with Gasteiger partial charge in [0.25, 0.3) is 0 Å². The van der Waals surface area contributed by atoms with Gasteiger partial charge < -0.3 is 10.0 Å². The molecule has 0 amide bonds. The Morgan fingerprint density at radius 2 is 1.61 bits per heavy atom. The Bertz CT molecular complexity index is 564. The van der Waals surface area contributed by atoms with Crippen LogP contribution in [0.25, 0.3) is 0 Å². The number of benzene rings is 1. The molecule has 0 aromatic heterocycles. The highest BCUT2D eigenvalue weighted by Gasteiger charge is 2.39. The van der Waals surface area contributed by atoms with Gasteiger partial charge in [-0.1, -0.05) is 0 Å². The van der Waals surface area contributed by atoms with E-state index in [0.717, 1.165) is 0 Å². The topological polar surface area (TPSA) is 41.7 Å². The number of carbonyl (C=O) groups is 1. The number of carboxylic acids is 1. The summed E-state index contributed by atoms with van der Waals surface area (Å²) in [6, 6.07) is 0.565. The molecule has 0 bridgehead atoms. The normalized spacial score (nSPS) is 22.3. The third-order valence-electron chi connectivity index (χ3n) is 3.86. The highest BCUT2D eigenvalue weighted by atomic mass is 19.4. The minimum Gasteiger partial charge on any atom is -0.477 e. The minimum absolute atomic E-state index is 0.0670. The van der Waals surface area contributed by atoms with Crippen LogP contribution in [0.2, 0.25) is 0 Å². The molecule has 1 aliphatic rings. The molecule has 0 aliphatic carbocycles. The van der Waals surface area contributed by atoms with Crippen LogP contribution in [-0.4, -0.2) is 23.7 Å². The number of hydrogen-bond donors (Lipinski definition) is 2. The summed E-state index contributed by atoms with van der Waals surface area (Å²) < 4.78 is 76.7. The summed E-state index contributed by atoms with van der Waals surface area (Å²) in [7, 11) is 0. The van der Waals surface area contributed by atoms with Crippen LogP contribution >= 0.6 is 0 Å². The average Bonchev–Trinajstić information content (AvgIpc) is 2.84. The molecular weight excluding hydrogens is 328 g/mol. The van der Waals surface area contributed by atoms with Gasteiger partial charge in [-0.25, -0.2) is 4.79 Å². The lowest BCUT2D eigenvalue weighted by atomic mass is 10.0. The van der Waals surface area contributed by atoms with Gasteiger partial charge in [0.2, 0.25) is 0 Å². The highest BCUT2D eigenvalue weighted by molar-refractivity contribution is 5.71. The summed E-state index contributed by atoms with van der Waals surface area (Å²) in [6.07, 6.45) is -8.88. The molecule has 1 unspecified atom stereocenters. The molecule has 23 heavy (non-hydrogen) atoms. The summed E-state index contributed by atoms with van der Waals surface area (Å²) >= 11 is 0. The van der Waals surface area contributed by atoms with Crippen molar-refractivity contribution in [3.05, 3.63) is 34.9 Å². The van der Waals surface area contributed by atoms with E-state index >= 15 is 0 Å². The average molecular weight is 342 g/mol. The monoisotopic (exact) mass is 342 g/mol. The molecular formula is C14H14F6NO2+. The molecule has 2 N–H and O–H groups in total. The van der Waals surface area contributed by atoms with Crippen LogP contribution in [0.3, 0.4) is 0 Å². The van der Waals surface area contributed by atoms with Crippen molar-refractivity contribution in [2.45, 2.75) is 37.8 Å². The predicted molar refractivity (Wildman–Crippen MR) is 66.6 cm³/mol. The van der Waals surface area contributed by atoms with Gasteiger partial charge in [-0.05, 0) is 18.2 Å². The van der Waals surface area contributed by atoms with Crippen LogP contribution in [0.5, 0.6) is 0 Å². The summed E-state index contributed by atoms with van der Waals surface area (Å²) in [5.41, 5.74) is -2.93. The molecule has 1 aromatic rings. The summed E-state index contributed by atoms with van der Waals surface area (Å²) in [4.78, 5) is 11.5. The number of likely N-dealkylation sites (tertiary alicyclic amines) is 1. The van der Waals surface area contributed by atoms with Crippen molar-refractivity contribution in [2.24, 2.45) is 0 Å². The van der Waals surface area contributed by atoms with Gasteiger partial charge in [-0.3, -0.25) is 0 Å². The lowest BCUT2D eigenvalue weighted by Crippen LogP contribution is -3.13. The molecule has 3 nitrogen and oxygen atoms in total. The van der Waals surface area contributed by atoms with Gasteiger partial charge in [-0.2, -0.15) is 26.3 Å². The van der Waals surface area contributed by atoms with E-state index in [9.17, 15) is 31.1 Å². The zero-order valence-corrected chi connectivity index (χ0v) is 11.8. The second-order valence-electron chi connectivity index (χ2n) is 5.53. The van der Waals surface area contributed by atoms with Crippen molar-refractivity contribution < 1.29 is 41.1 Å². The number of carboxylic acid groups (broad SMARTS) is 1. The van der Waals surface area contributed by atoms with Gasteiger partial charge >= 0.3 is 18.3 Å². The van der Waals surface area contributed by atoms with E-state index in [2.05, 4.69) is 0 Å². The largest absolute Gasteiger partial charge is 0.477 e. The van der Waals surface area contributed by atoms with Gasteiger partial charge in [0.15, 0.2) is 6.04 Å². The highest BCUT2D eigenvalue weighted by Crippen LogP contribution is 2.36. The predicted octanol–water partition coefficient (Wildman–Crippen LogP) is 2.36. The number of nitrogens with one attached hydrogen (secondary N) is 1. The van der Waals surface area contributed by atoms with Crippen LogP contribution in [0, 0.1) is 0 Å². The second kappa shape index (κ2) is 6.03. The molecule has 1 fully saturated rings. The van der Waals surface area contributed by atoms with Crippen molar-refractivity contribution in [2.75, 3.05) is 6.54 Å². The van der Waals surface area contributed by atoms with Crippen LogP contribution in [0.1, 0.15) is 29.5 Å². The number of aliphatic carboxylic acids is 1. The fourth-order valence-corrected chi connectivity index (χ4v) is 2.80. The number of halogens is 6. The Morgan fingerprint density at radius 3 is 2.04 bits per heavy atom. The van der Waals surface area contributed by atoms with Crippen LogP contribution in [-0.2, 0) is 23.7 Å². The summed E-state index contributed by atoms with van der Waals surface area (Å²) in [5.74, 6) is -1.10. The Hall–Kier alpha value is -1.77. The molecule has 9 heteroatoms. The first kappa shape index (κ1) is 17.6. The SMILES string of the molecule is O=C(O)[C@@H]1CCC[NH+]1Cc1cc(C(F)(F)F)cc(C(F)(F)F)c1. The van der Waals surface area contributed by atoms with Gasteiger partial charge in [0.1, 0.15) is 6.54 Å². The number of alkyl halides is 6. The fourth-order valence-electron chi connectivity index (χ4n) is 2.80. The minimum atomic E-state index is -4.90. The Labute approximate surface area is 127 Å². The molecule has 0 saturated carbocycles. The molecule has 1 saturated heterocycles. The molecule has 2 atom stereocenters. The van der Waals surface area contributed by atoms with Crippen molar-refractivity contribution in [3.8, 4) is 0 Å². The van der Waals surface area contributed by atoms with E-state index in [1.165, 1.54) is 0 Å². The van der Waals surface area contributed by atoms with Crippen molar-refractivity contribution >= 4 is 5.97 Å². The quantitative estimate of drug-likeness (QED) is 0.828. The smallest absolute Gasteiger partial charge is 0.416 e. The van der Waals surface area contributed by atoms with Gasteiger partial charge in [-0.15, -0.1) is 0 Å². The molecule has 0 spiro atoms. The molecule has 0 radical (unpaired) electrons. The van der Waals surface area contributed by atoms with E-state index in [1.54, 1.807) is 0 Å². The first-order valence-electron chi connectivity index (χ1n) is 6.84. The maximum atomic E-state index is 12.8. The zero-order chi connectivity index (χ0) is 17.4. The second-order valence-corrected chi connectivity index (χ2v) is 5.53. The Kier molecular flexibility index (Phi) is 4.61. The fraction of sp³-hybridized carbons (Fsp3) is 0.500. The van der Waals surface area contributed by atoms with E-state index in [0.29, 0.717) is 36.4 Å². The maximum absolute atomic E-state index is 12.8. The molecule has 1 heterocycles. The van der Waals surface area contributed by atoms with Crippen molar-refractivity contribution in [3.63, 3.8) is 0 Å². The number of quaternary nitrogens is 1. The zero-order valence-electron chi connectivity index (χ0n) is 11.8. The summed E-state index contributed by atoms with van der Waals surface area (Å²) in [6.45, 7) is 0.207. The van der Waals surface area contributed by atoms with E-state index in [1.807, 2.05) is 0 Å². The van der Waals surface area contributed by atoms with E-state index < -0.39 is 35.5 Å². The van der Waals surface area contributed by atoms with Crippen molar-refractivity contribution in [1.82, 2.24) is 0 Å². The van der Waals surface area contributed by atoms with Gasteiger partial charge in [0, 0.05) is 18.4 Å². The Morgan fingerprint density at radius 1 is 1.09 bits per heavy atom. The third kappa shape index (κ3) is 4.15. The van der Waals surface area contributed by atoms with E-state index in [4.69, 9.17) is 5.11 Å². The van der Waals surface area contributed by atoms with Crippen LogP contribution in [0.15, 0.2) is 18.2 Å². The lowest BCUT2D eigenvalue weighted by Gasteiger charge is -2.20. The van der Waals surface area contributed by atoms with E-state index in [-0.39, 0.29) is 18.2 Å². The van der Waals surface area contributed by atoms with Crippen LogP contribution < -0.4 is 4.90 Å². The number of rotatable bonds is 3. The maximum Gasteiger partial charge on any atom is 0.416 e. The van der Waals surface area contributed by atoms with Crippen molar-refractivity contribution in [1.29, 1.82) is 0 Å². The first-order chi connectivity index (χ1) is 10.5. The molecule has 2 rings (SSSR count). The number of hydrogen-bond acceptors (Lipinski definition) is 1. The molecule has 1 aliphatic heterocycles. The molecule has 128 valence electrons. The lowest BCUT2D eigenvalue weighted by molar-refractivity contribution is -0.917.